The van der Waals surface area contributed by atoms with E-state index in [0.29, 0.717) is 26.1 Å². The predicted octanol–water partition coefficient (Wildman–Crippen LogP) is 2.56. The minimum absolute atomic E-state index is 0. The van der Waals surface area contributed by atoms with Crippen molar-refractivity contribution in [3.8, 4) is 0 Å². The lowest BCUT2D eigenvalue weighted by molar-refractivity contribution is -0.136. The SMILES string of the molecule is CN(CC(C)(C)CN)C(=O)CC1CN(Cc2ccccc2)CCO1.Cl.Cl. The van der Waals surface area contributed by atoms with Gasteiger partial charge in [0.15, 0.2) is 0 Å². The molecule has 1 heterocycles. The van der Waals surface area contributed by atoms with Gasteiger partial charge in [0.25, 0.3) is 0 Å². The number of rotatable bonds is 7. The summed E-state index contributed by atoms with van der Waals surface area (Å²) in [6.07, 6.45) is 0.404. The van der Waals surface area contributed by atoms with Crippen molar-refractivity contribution in [1.29, 1.82) is 0 Å². The standard InChI is InChI=1S/C19H31N3O2.2ClH/c1-19(2,14-20)15-21(3)18(23)11-17-13-22(9-10-24-17)12-16-7-5-4-6-8-16;;/h4-8,17H,9-15,20H2,1-3H3;2*1H. The van der Waals surface area contributed by atoms with Crippen molar-refractivity contribution in [2.75, 3.05) is 39.8 Å². The van der Waals surface area contributed by atoms with E-state index < -0.39 is 0 Å². The molecule has 1 aromatic carbocycles. The number of ether oxygens (including phenoxy) is 1. The van der Waals surface area contributed by atoms with Gasteiger partial charge in [0.1, 0.15) is 0 Å². The topological polar surface area (TPSA) is 58.8 Å². The van der Waals surface area contributed by atoms with Crippen molar-refractivity contribution in [3.05, 3.63) is 35.9 Å². The summed E-state index contributed by atoms with van der Waals surface area (Å²) >= 11 is 0. The van der Waals surface area contributed by atoms with E-state index in [1.807, 2.05) is 13.1 Å². The van der Waals surface area contributed by atoms with Crippen LogP contribution in [-0.2, 0) is 16.1 Å². The molecule has 1 saturated heterocycles. The second-order valence-corrected chi connectivity index (χ2v) is 7.54. The maximum absolute atomic E-state index is 12.5. The fourth-order valence-corrected chi connectivity index (χ4v) is 3.03. The number of amides is 1. The Morgan fingerprint density at radius 2 is 1.96 bits per heavy atom. The van der Waals surface area contributed by atoms with Crippen LogP contribution < -0.4 is 5.73 Å². The third-order valence-corrected chi connectivity index (χ3v) is 4.52. The third-order valence-electron chi connectivity index (χ3n) is 4.52. The van der Waals surface area contributed by atoms with Gasteiger partial charge in [-0.15, -0.1) is 24.8 Å². The molecule has 26 heavy (non-hydrogen) atoms. The third kappa shape index (κ3) is 8.23. The van der Waals surface area contributed by atoms with Crippen molar-refractivity contribution in [2.24, 2.45) is 11.1 Å². The molecule has 1 amide bonds. The highest BCUT2D eigenvalue weighted by Crippen LogP contribution is 2.17. The van der Waals surface area contributed by atoms with Gasteiger partial charge >= 0.3 is 0 Å². The molecule has 0 radical (unpaired) electrons. The maximum atomic E-state index is 12.5. The van der Waals surface area contributed by atoms with Gasteiger partial charge in [0.2, 0.25) is 5.91 Å². The fraction of sp³-hybridized carbons (Fsp3) is 0.632. The van der Waals surface area contributed by atoms with Crippen LogP contribution in [0.15, 0.2) is 30.3 Å². The fourth-order valence-electron chi connectivity index (χ4n) is 3.03. The van der Waals surface area contributed by atoms with Crippen LogP contribution in [0.4, 0.5) is 0 Å². The van der Waals surface area contributed by atoms with Crippen LogP contribution in [0, 0.1) is 5.41 Å². The van der Waals surface area contributed by atoms with Crippen LogP contribution in [0.2, 0.25) is 0 Å². The zero-order valence-electron chi connectivity index (χ0n) is 16.0. The van der Waals surface area contributed by atoms with Crippen molar-refractivity contribution in [1.82, 2.24) is 9.80 Å². The minimum Gasteiger partial charge on any atom is -0.375 e. The number of hydrogen-bond acceptors (Lipinski definition) is 4. The van der Waals surface area contributed by atoms with E-state index in [9.17, 15) is 4.79 Å². The first-order valence-electron chi connectivity index (χ1n) is 8.71. The van der Waals surface area contributed by atoms with E-state index in [0.717, 1.165) is 19.6 Å². The van der Waals surface area contributed by atoms with Gasteiger partial charge in [-0.25, -0.2) is 0 Å². The number of halogens is 2. The molecule has 0 bridgehead atoms. The summed E-state index contributed by atoms with van der Waals surface area (Å²) in [6.45, 7) is 8.70. The Bertz CT molecular complexity index is 529. The molecule has 1 aliphatic rings. The Morgan fingerprint density at radius 3 is 2.58 bits per heavy atom. The summed E-state index contributed by atoms with van der Waals surface area (Å²) in [5.41, 5.74) is 7.00. The van der Waals surface area contributed by atoms with Crippen LogP contribution >= 0.6 is 24.8 Å². The number of benzene rings is 1. The zero-order chi connectivity index (χ0) is 17.6. The van der Waals surface area contributed by atoms with E-state index in [1.165, 1.54) is 5.56 Å². The number of carbonyl (C=O) groups is 1. The monoisotopic (exact) mass is 405 g/mol. The van der Waals surface area contributed by atoms with Gasteiger partial charge in [-0.2, -0.15) is 0 Å². The quantitative estimate of drug-likeness (QED) is 0.756. The van der Waals surface area contributed by atoms with Crippen molar-refractivity contribution in [2.45, 2.75) is 32.9 Å². The summed E-state index contributed by atoms with van der Waals surface area (Å²) < 4.78 is 5.81. The first-order valence-corrected chi connectivity index (χ1v) is 8.71. The van der Waals surface area contributed by atoms with Crippen LogP contribution in [0.25, 0.3) is 0 Å². The lowest BCUT2D eigenvalue weighted by atomic mass is 9.93. The molecule has 1 unspecified atom stereocenters. The second kappa shape index (κ2) is 11.8. The Morgan fingerprint density at radius 1 is 1.31 bits per heavy atom. The Hall–Kier alpha value is -0.850. The Balaban J connectivity index is 0.00000312. The van der Waals surface area contributed by atoms with Gasteiger partial charge in [-0.05, 0) is 17.5 Å². The smallest absolute Gasteiger partial charge is 0.224 e. The van der Waals surface area contributed by atoms with E-state index in [4.69, 9.17) is 10.5 Å². The van der Waals surface area contributed by atoms with Crippen LogP contribution in [0.3, 0.4) is 0 Å². The van der Waals surface area contributed by atoms with Gasteiger partial charge in [0.05, 0.1) is 19.1 Å². The second-order valence-electron chi connectivity index (χ2n) is 7.54. The molecule has 1 aliphatic heterocycles. The molecule has 1 aromatic rings. The number of nitrogens with two attached hydrogens (primary N) is 1. The molecule has 5 nitrogen and oxygen atoms in total. The van der Waals surface area contributed by atoms with Crippen LogP contribution in [-0.4, -0.2) is 61.6 Å². The first kappa shape index (κ1) is 25.1. The Labute approximate surface area is 170 Å². The zero-order valence-corrected chi connectivity index (χ0v) is 17.7. The Kier molecular flexibility index (Phi) is 11.4. The first-order chi connectivity index (χ1) is 11.4. The molecular weight excluding hydrogens is 373 g/mol. The predicted molar refractivity (Wildman–Crippen MR) is 111 cm³/mol. The summed E-state index contributed by atoms with van der Waals surface area (Å²) in [5, 5.41) is 0. The molecule has 0 aromatic heterocycles. The van der Waals surface area contributed by atoms with Gasteiger partial charge in [-0.1, -0.05) is 44.2 Å². The van der Waals surface area contributed by atoms with Crippen LogP contribution in [0.1, 0.15) is 25.8 Å². The van der Waals surface area contributed by atoms with Crippen molar-refractivity contribution >= 4 is 30.7 Å². The summed E-state index contributed by atoms with van der Waals surface area (Å²) in [5.74, 6) is 0.128. The van der Waals surface area contributed by atoms with E-state index in [1.54, 1.807) is 4.90 Å². The number of nitrogens with zero attached hydrogens (tertiary/aromatic N) is 2. The largest absolute Gasteiger partial charge is 0.375 e. The maximum Gasteiger partial charge on any atom is 0.224 e. The van der Waals surface area contributed by atoms with Gasteiger partial charge < -0.3 is 15.4 Å². The number of carbonyl (C=O) groups excluding carboxylic acids is 1. The summed E-state index contributed by atoms with van der Waals surface area (Å²) in [6, 6.07) is 10.4. The molecule has 150 valence electrons. The average Bonchev–Trinajstić information content (AvgIpc) is 2.55. The minimum atomic E-state index is -0.0584. The van der Waals surface area contributed by atoms with E-state index in [-0.39, 0.29) is 42.2 Å². The molecule has 7 heteroatoms. The molecule has 0 aliphatic carbocycles. The van der Waals surface area contributed by atoms with E-state index >= 15 is 0 Å². The summed E-state index contributed by atoms with van der Waals surface area (Å²) in [4.78, 5) is 16.6. The highest BCUT2D eigenvalue weighted by Gasteiger charge is 2.26. The molecule has 0 saturated carbocycles. The molecule has 1 fully saturated rings. The van der Waals surface area contributed by atoms with Gasteiger partial charge in [0, 0.05) is 33.2 Å². The molecular formula is C19H33Cl2N3O2. The van der Waals surface area contributed by atoms with Crippen molar-refractivity contribution < 1.29 is 9.53 Å². The van der Waals surface area contributed by atoms with Crippen LogP contribution in [0.5, 0.6) is 0 Å². The lowest BCUT2D eigenvalue weighted by Gasteiger charge is -2.34. The molecule has 1 atom stereocenters. The number of hydrogen-bond donors (Lipinski definition) is 1. The molecule has 0 spiro atoms. The van der Waals surface area contributed by atoms with Gasteiger partial charge in [-0.3, -0.25) is 9.69 Å². The molecule has 2 rings (SSSR count). The lowest BCUT2D eigenvalue weighted by Crippen LogP contribution is -2.45. The van der Waals surface area contributed by atoms with E-state index in [2.05, 4.69) is 43.0 Å². The normalized spacial score (nSPS) is 17.8. The molecule has 2 N–H and O–H groups in total. The summed E-state index contributed by atoms with van der Waals surface area (Å²) in [7, 11) is 1.85. The average molecular weight is 406 g/mol. The highest BCUT2D eigenvalue weighted by atomic mass is 35.5. The highest BCUT2D eigenvalue weighted by molar-refractivity contribution is 5.85. The van der Waals surface area contributed by atoms with Crippen molar-refractivity contribution in [3.63, 3.8) is 0 Å². The number of morpholine rings is 1.